The lowest BCUT2D eigenvalue weighted by Crippen LogP contribution is -2.31. The third-order valence-electron chi connectivity index (χ3n) is 2.67. The molecule has 104 valence electrons. The van der Waals surface area contributed by atoms with E-state index in [4.69, 9.17) is 4.74 Å². The molecule has 0 radical (unpaired) electrons. The topological polar surface area (TPSA) is 60.4 Å². The van der Waals surface area contributed by atoms with Crippen molar-refractivity contribution >= 4 is 29.1 Å². The Morgan fingerprint density at radius 3 is 2.28 bits per heavy atom. The predicted octanol–water partition coefficient (Wildman–Crippen LogP) is 2.31. The Morgan fingerprint density at radius 1 is 1.28 bits per heavy atom. The van der Waals surface area contributed by atoms with E-state index in [-0.39, 0.29) is 24.1 Å². The molecule has 18 heavy (non-hydrogen) atoms. The van der Waals surface area contributed by atoms with Gasteiger partial charge in [0.15, 0.2) is 5.12 Å². The fourth-order valence-corrected chi connectivity index (χ4v) is 2.36. The molecular weight excluding hydrogens is 252 g/mol. The lowest BCUT2D eigenvalue weighted by Gasteiger charge is -2.23. The second-order valence-corrected chi connectivity index (χ2v) is 5.65. The van der Waals surface area contributed by atoms with Gasteiger partial charge in [0.1, 0.15) is 6.29 Å². The lowest BCUT2D eigenvalue weighted by molar-refractivity contribution is -0.153. The van der Waals surface area contributed by atoms with Crippen molar-refractivity contribution in [3.05, 3.63) is 0 Å². The number of ether oxygens (including phenoxy) is 1. The first-order valence-electron chi connectivity index (χ1n) is 6.25. The van der Waals surface area contributed by atoms with E-state index in [2.05, 4.69) is 0 Å². The van der Waals surface area contributed by atoms with E-state index in [1.165, 1.54) is 11.8 Å². The van der Waals surface area contributed by atoms with Crippen LogP contribution in [0.5, 0.6) is 0 Å². The van der Waals surface area contributed by atoms with Crippen LogP contribution in [0.2, 0.25) is 0 Å². The van der Waals surface area contributed by atoms with Crippen LogP contribution in [0.15, 0.2) is 0 Å². The Balaban J connectivity index is 4.85. The molecule has 0 bridgehead atoms. The molecule has 0 aliphatic heterocycles. The Bertz CT molecular complexity index is 289. The molecule has 0 heterocycles. The number of carbonyl (C=O) groups excluding carboxylic acids is 3. The average Bonchev–Trinajstić information content (AvgIpc) is 2.28. The molecule has 0 unspecified atom stereocenters. The SMILES string of the molecule is CCOC(=O)[C@H](CC(=O)SCC)[C@@H](C=O)C(C)C. The molecule has 0 N–H and O–H groups in total. The van der Waals surface area contributed by atoms with Crippen molar-refractivity contribution < 1.29 is 19.1 Å². The van der Waals surface area contributed by atoms with Gasteiger partial charge in [0.05, 0.1) is 12.5 Å². The minimum Gasteiger partial charge on any atom is -0.466 e. The minimum atomic E-state index is -0.658. The molecule has 0 fully saturated rings. The van der Waals surface area contributed by atoms with Gasteiger partial charge in [-0.05, 0) is 18.6 Å². The summed E-state index contributed by atoms with van der Waals surface area (Å²) in [5.74, 6) is -0.897. The summed E-state index contributed by atoms with van der Waals surface area (Å²) in [6, 6.07) is 0. The van der Waals surface area contributed by atoms with Gasteiger partial charge >= 0.3 is 5.97 Å². The van der Waals surface area contributed by atoms with Gasteiger partial charge in [-0.15, -0.1) is 0 Å². The van der Waals surface area contributed by atoms with E-state index in [0.717, 1.165) is 6.29 Å². The van der Waals surface area contributed by atoms with Crippen LogP contribution in [-0.4, -0.2) is 29.7 Å². The van der Waals surface area contributed by atoms with Crippen LogP contribution in [0.1, 0.15) is 34.1 Å². The summed E-state index contributed by atoms with van der Waals surface area (Å²) in [4.78, 5) is 34.6. The van der Waals surface area contributed by atoms with Crippen molar-refractivity contribution in [3.63, 3.8) is 0 Å². The van der Waals surface area contributed by atoms with Gasteiger partial charge < -0.3 is 9.53 Å². The molecule has 0 rings (SSSR count). The maximum Gasteiger partial charge on any atom is 0.310 e. The van der Waals surface area contributed by atoms with Crippen molar-refractivity contribution in [1.82, 2.24) is 0 Å². The first kappa shape index (κ1) is 17.2. The van der Waals surface area contributed by atoms with Gasteiger partial charge in [0, 0.05) is 12.3 Å². The van der Waals surface area contributed by atoms with Crippen LogP contribution < -0.4 is 0 Å². The maximum absolute atomic E-state index is 11.8. The fraction of sp³-hybridized carbons (Fsp3) is 0.769. The van der Waals surface area contributed by atoms with E-state index in [1.54, 1.807) is 6.92 Å². The number of hydrogen-bond donors (Lipinski definition) is 0. The van der Waals surface area contributed by atoms with E-state index in [1.807, 2.05) is 20.8 Å². The monoisotopic (exact) mass is 274 g/mol. The summed E-state index contributed by atoms with van der Waals surface area (Å²) in [5, 5.41) is -0.0666. The highest BCUT2D eigenvalue weighted by Crippen LogP contribution is 2.26. The van der Waals surface area contributed by atoms with Crippen LogP contribution in [0.25, 0.3) is 0 Å². The fourth-order valence-electron chi connectivity index (χ4n) is 1.74. The van der Waals surface area contributed by atoms with Gasteiger partial charge in [0.25, 0.3) is 0 Å². The van der Waals surface area contributed by atoms with Gasteiger partial charge in [-0.25, -0.2) is 0 Å². The highest BCUT2D eigenvalue weighted by atomic mass is 32.2. The van der Waals surface area contributed by atoms with Gasteiger partial charge in [-0.1, -0.05) is 32.5 Å². The quantitative estimate of drug-likeness (QED) is 0.502. The maximum atomic E-state index is 11.8. The second kappa shape index (κ2) is 9.14. The third-order valence-corrected chi connectivity index (χ3v) is 3.45. The number of aldehydes is 1. The molecule has 5 heteroatoms. The van der Waals surface area contributed by atoms with Crippen LogP contribution in [0.4, 0.5) is 0 Å². The highest BCUT2D eigenvalue weighted by Gasteiger charge is 2.33. The number of carbonyl (C=O) groups is 3. The number of rotatable bonds is 8. The smallest absolute Gasteiger partial charge is 0.310 e. The first-order chi connectivity index (χ1) is 8.47. The van der Waals surface area contributed by atoms with Crippen molar-refractivity contribution in [2.24, 2.45) is 17.8 Å². The zero-order chi connectivity index (χ0) is 14.1. The molecule has 2 atom stereocenters. The summed E-state index contributed by atoms with van der Waals surface area (Å²) in [6.45, 7) is 7.57. The molecule has 0 saturated carbocycles. The standard InChI is InChI=1S/C13H22O4S/c1-5-17-13(16)10(7-12(15)18-6-2)11(8-14)9(3)4/h8-11H,5-7H2,1-4H3/t10-,11+/m1/s1. The number of esters is 1. The Kier molecular flexibility index (Phi) is 8.71. The molecule has 0 aromatic carbocycles. The van der Waals surface area contributed by atoms with E-state index in [9.17, 15) is 14.4 Å². The molecule has 0 spiro atoms. The Morgan fingerprint density at radius 2 is 1.89 bits per heavy atom. The van der Waals surface area contributed by atoms with Crippen LogP contribution in [0.3, 0.4) is 0 Å². The summed E-state index contributed by atoms with van der Waals surface area (Å²) in [7, 11) is 0. The van der Waals surface area contributed by atoms with E-state index >= 15 is 0 Å². The van der Waals surface area contributed by atoms with Crippen molar-refractivity contribution in [3.8, 4) is 0 Å². The number of hydrogen-bond acceptors (Lipinski definition) is 5. The second-order valence-electron chi connectivity index (χ2n) is 4.33. The first-order valence-corrected chi connectivity index (χ1v) is 7.23. The van der Waals surface area contributed by atoms with Crippen molar-refractivity contribution in [2.75, 3.05) is 12.4 Å². The third kappa shape index (κ3) is 5.67. The molecule has 0 aliphatic carbocycles. The summed E-state index contributed by atoms with van der Waals surface area (Å²) in [5.41, 5.74) is 0. The highest BCUT2D eigenvalue weighted by molar-refractivity contribution is 8.13. The Hall–Kier alpha value is -0.840. The molecule has 0 aliphatic rings. The van der Waals surface area contributed by atoms with Gasteiger partial charge in [-0.3, -0.25) is 9.59 Å². The Labute approximate surface area is 113 Å². The van der Waals surface area contributed by atoms with Crippen LogP contribution >= 0.6 is 11.8 Å². The van der Waals surface area contributed by atoms with Crippen molar-refractivity contribution in [1.29, 1.82) is 0 Å². The zero-order valence-corrected chi connectivity index (χ0v) is 12.3. The van der Waals surface area contributed by atoms with E-state index in [0.29, 0.717) is 5.75 Å². The summed E-state index contributed by atoms with van der Waals surface area (Å²) < 4.78 is 4.96. The molecule has 0 amide bonds. The van der Waals surface area contributed by atoms with Crippen molar-refractivity contribution in [2.45, 2.75) is 34.1 Å². The van der Waals surface area contributed by atoms with Gasteiger partial charge in [0.2, 0.25) is 0 Å². The average molecular weight is 274 g/mol. The minimum absolute atomic E-state index is 0.0105. The zero-order valence-electron chi connectivity index (χ0n) is 11.5. The summed E-state index contributed by atoms with van der Waals surface area (Å²) in [6.07, 6.45) is 0.828. The molecular formula is C13H22O4S. The summed E-state index contributed by atoms with van der Waals surface area (Å²) >= 11 is 1.17. The van der Waals surface area contributed by atoms with Crippen LogP contribution in [0, 0.1) is 17.8 Å². The largest absolute Gasteiger partial charge is 0.466 e. The van der Waals surface area contributed by atoms with Crippen LogP contribution in [-0.2, 0) is 19.1 Å². The number of thioether (sulfide) groups is 1. The molecule has 0 aromatic rings. The molecule has 0 saturated heterocycles. The lowest BCUT2D eigenvalue weighted by atomic mass is 9.83. The molecule has 4 nitrogen and oxygen atoms in total. The normalized spacial score (nSPS) is 14.1. The molecule has 0 aromatic heterocycles. The van der Waals surface area contributed by atoms with E-state index < -0.39 is 17.8 Å². The van der Waals surface area contributed by atoms with Gasteiger partial charge in [-0.2, -0.15) is 0 Å². The predicted molar refractivity (Wildman–Crippen MR) is 72.3 cm³/mol.